The fraction of sp³-hybridized carbons (Fsp3) is 0.412. The van der Waals surface area contributed by atoms with E-state index in [0.717, 1.165) is 4.88 Å². The number of ether oxygens (including phenoxy) is 1. The molecule has 2 heterocycles. The van der Waals surface area contributed by atoms with Crippen molar-refractivity contribution in [2.75, 3.05) is 13.7 Å². The molecule has 1 amide bonds. The van der Waals surface area contributed by atoms with Crippen molar-refractivity contribution in [1.29, 1.82) is 0 Å². The van der Waals surface area contributed by atoms with Gasteiger partial charge in [-0.2, -0.15) is 0 Å². The molecule has 0 aliphatic carbocycles. The third kappa shape index (κ3) is 3.32. The van der Waals surface area contributed by atoms with Crippen molar-refractivity contribution >= 4 is 23.2 Å². The van der Waals surface area contributed by atoms with Crippen molar-refractivity contribution in [3.05, 3.63) is 44.9 Å². The lowest BCUT2D eigenvalue weighted by atomic mass is 10.1. The number of H-pyrrole nitrogens is 1. The monoisotopic (exact) mass is 334 g/mol. The second-order valence-electron chi connectivity index (χ2n) is 5.45. The highest BCUT2D eigenvalue weighted by molar-refractivity contribution is 7.10. The van der Waals surface area contributed by atoms with Gasteiger partial charge in [-0.1, -0.05) is 6.07 Å². The van der Waals surface area contributed by atoms with E-state index in [2.05, 4.69) is 4.98 Å². The largest absolute Gasteiger partial charge is 0.462 e. The Bertz CT molecular complexity index is 704. The van der Waals surface area contributed by atoms with E-state index < -0.39 is 5.97 Å². The first kappa shape index (κ1) is 17.3. The van der Waals surface area contributed by atoms with Gasteiger partial charge in [0, 0.05) is 17.6 Å². The Morgan fingerprint density at radius 2 is 2.09 bits per heavy atom. The number of carbonyl (C=O) groups is 2. The molecule has 0 bridgehead atoms. The van der Waals surface area contributed by atoms with Crippen LogP contribution in [0.15, 0.2) is 17.5 Å². The smallest absolute Gasteiger partial charge is 0.340 e. The van der Waals surface area contributed by atoms with Crippen LogP contribution in [-0.2, 0) is 4.74 Å². The predicted octanol–water partition coefficient (Wildman–Crippen LogP) is 3.70. The minimum absolute atomic E-state index is 0.0310. The molecule has 1 unspecified atom stereocenters. The Balaban J connectivity index is 2.29. The summed E-state index contributed by atoms with van der Waals surface area (Å²) in [6, 6.07) is 3.95. The van der Waals surface area contributed by atoms with Gasteiger partial charge in [-0.25, -0.2) is 4.79 Å². The zero-order chi connectivity index (χ0) is 17.1. The minimum Gasteiger partial charge on any atom is -0.462 e. The third-order valence-electron chi connectivity index (χ3n) is 3.99. The highest BCUT2D eigenvalue weighted by Crippen LogP contribution is 2.26. The lowest BCUT2D eigenvalue weighted by Gasteiger charge is -2.24. The number of amides is 1. The number of aromatic amines is 1. The summed E-state index contributed by atoms with van der Waals surface area (Å²) in [6.45, 7) is 7.60. The molecular weight excluding hydrogens is 312 g/mol. The van der Waals surface area contributed by atoms with Crippen LogP contribution in [0.1, 0.15) is 56.9 Å². The van der Waals surface area contributed by atoms with Gasteiger partial charge in [0.2, 0.25) is 0 Å². The highest BCUT2D eigenvalue weighted by Gasteiger charge is 2.27. The van der Waals surface area contributed by atoms with Gasteiger partial charge in [0.15, 0.2) is 0 Å². The number of rotatable bonds is 5. The van der Waals surface area contributed by atoms with Crippen molar-refractivity contribution in [2.24, 2.45) is 0 Å². The van der Waals surface area contributed by atoms with E-state index in [-0.39, 0.29) is 11.9 Å². The number of hydrogen-bond acceptors (Lipinski definition) is 4. The summed E-state index contributed by atoms with van der Waals surface area (Å²) in [6.07, 6.45) is 0. The van der Waals surface area contributed by atoms with E-state index in [0.29, 0.717) is 29.1 Å². The molecule has 1 N–H and O–H groups in total. The first-order chi connectivity index (χ1) is 10.9. The topological polar surface area (TPSA) is 62.4 Å². The van der Waals surface area contributed by atoms with Gasteiger partial charge in [-0.3, -0.25) is 4.79 Å². The van der Waals surface area contributed by atoms with E-state index in [4.69, 9.17) is 4.74 Å². The van der Waals surface area contributed by atoms with Crippen LogP contribution in [-0.4, -0.2) is 35.4 Å². The van der Waals surface area contributed by atoms with Gasteiger partial charge in [-0.15, -0.1) is 11.3 Å². The number of aryl methyl sites for hydroxylation is 1. The summed E-state index contributed by atoms with van der Waals surface area (Å²) in [5, 5.41) is 1.99. The van der Waals surface area contributed by atoms with Crippen LogP contribution in [0.25, 0.3) is 0 Å². The predicted molar refractivity (Wildman–Crippen MR) is 91.1 cm³/mol. The van der Waals surface area contributed by atoms with Crippen LogP contribution in [0.3, 0.4) is 0 Å². The number of hydrogen-bond donors (Lipinski definition) is 1. The van der Waals surface area contributed by atoms with Gasteiger partial charge in [0.25, 0.3) is 5.91 Å². The molecular formula is C17H22N2O3S. The van der Waals surface area contributed by atoms with Crippen molar-refractivity contribution in [2.45, 2.75) is 33.7 Å². The molecule has 124 valence electrons. The first-order valence-electron chi connectivity index (χ1n) is 7.55. The Hall–Kier alpha value is -2.08. The minimum atomic E-state index is -0.397. The number of carbonyl (C=O) groups excluding carboxylic acids is 2. The highest BCUT2D eigenvalue weighted by atomic mass is 32.1. The normalized spacial score (nSPS) is 12.0. The first-order valence-corrected chi connectivity index (χ1v) is 8.43. The molecule has 1 atom stereocenters. The average Bonchev–Trinajstić information content (AvgIpc) is 3.13. The second-order valence-corrected chi connectivity index (χ2v) is 6.43. The zero-order valence-corrected chi connectivity index (χ0v) is 14.9. The fourth-order valence-corrected chi connectivity index (χ4v) is 3.37. The van der Waals surface area contributed by atoms with Crippen LogP contribution >= 0.6 is 11.3 Å². The molecule has 0 fully saturated rings. The van der Waals surface area contributed by atoms with E-state index in [1.165, 1.54) is 0 Å². The molecule has 2 aromatic heterocycles. The van der Waals surface area contributed by atoms with Gasteiger partial charge in [0.05, 0.1) is 18.2 Å². The Morgan fingerprint density at radius 3 is 2.65 bits per heavy atom. The van der Waals surface area contributed by atoms with Crippen LogP contribution in [0, 0.1) is 13.8 Å². The standard InChI is InChI=1S/C17H22N2O3S/c1-6-22-17(21)14-10(2)15(18-11(14)3)16(20)19(5)12(4)13-8-7-9-23-13/h7-9,12,18H,6H2,1-5H3. The molecule has 0 radical (unpaired) electrons. The summed E-state index contributed by atoms with van der Waals surface area (Å²) >= 11 is 1.62. The van der Waals surface area contributed by atoms with E-state index in [1.807, 2.05) is 24.4 Å². The number of nitrogens with zero attached hydrogens (tertiary/aromatic N) is 1. The summed E-state index contributed by atoms with van der Waals surface area (Å²) in [5.41, 5.74) is 2.18. The summed E-state index contributed by atoms with van der Waals surface area (Å²) in [7, 11) is 1.77. The van der Waals surface area contributed by atoms with Gasteiger partial charge >= 0.3 is 5.97 Å². The second kappa shape index (κ2) is 7.00. The number of esters is 1. The SMILES string of the molecule is CCOC(=O)c1c(C)[nH]c(C(=O)N(C)C(C)c2cccs2)c1C. The lowest BCUT2D eigenvalue weighted by Crippen LogP contribution is -2.30. The van der Waals surface area contributed by atoms with Gasteiger partial charge < -0.3 is 14.6 Å². The van der Waals surface area contributed by atoms with Crippen molar-refractivity contribution in [3.63, 3.8) is 0 Å². The number of thiophene rings is 1. The quantitative estimate of drug-likeness (QED) is 0.848. The molecule has 0 spiro atoms. The van der Waals surface area contributed by atoms with E-state index in [9.17, 15) is 9.59 Å². The molecule has 0 saturated heterocycles. The molecule has 0 aliphatic rings. The zero-order valence-electron chi connectivity index (χ0n) is 14.1. The Labute approximate surface area is 140 Å². The van der Waals surface area contributed by atoms with E-state index in [1.54, 1.807) is 44.1 Å². The van der Waals surface area contributed by atoms with Crippen molar-refractivity contribution < 1.29 is 14.3 Å². The van der Waals surface area contributed by atoms with Crippen molar-refractivity contribution in [1.82, 2.24) is 9.88 Å². The van der Waals surface area contributed by atoms with Crippen molar-refractivity contribution in [3.8, 4) is 0 Å². The summed E-state index contributed by atoms with van der Waals surface area (Å²) in [5.74, 6) is -0.534. The summed E-state index contributed by atoms with van der Waals surface area (Å²) in [4.78, 5) is 30.7. The Kier molecular flexibility index (Phi) is 5.26. The third-order valence-corrected chi connectivity index (χ3v) is 5.03. The molecule has 0 aliphatic heterocycles. The summed E-state index contributed by atoms with van der Waals surface area (Å²) < 4.78 is 5.07. The number of aromatic nitrogens is 1. The Morgan fingerprint density at radius 1 is 1.39 bits per heavy atom. The van der Waals surface area contributed by atoms with Crippen LogP contribution in [0.4, 0.5) is 0 Å². The van der Waals surface area contributed by atoms with Crippen LogP contribution in [0.5, 0.6) is 0 Å². The molecule has 2 rings (SSSR count). The van der Waals surface area contributed by atoms with Gasteiger partial charge in [-0.05, 0) is 44.7 Å². The van der Waals surface area contributed by atoms with Crippen LogP contribution in [0.2, 0.25) is 0 Å². The fourth-order valence-electron chi connectivity index (χ4n) is 2.55. The maximum Gasteiger partial charge on any atom is 0.340 e. The van der Waals surface area contributed by atoms with E-state index >= 15 is 0 Å². The molecule has 0 aromatic carbocycles. The molecule has 6 heteroatoms. The molecule has 2 aromatic rings. The molecule has 0 saturated carbocycles. The molecule has 23 heavy (non-hydrogen) atoms. The maximum absolute atomic E-state index is 12.8. The van der Waals surface area contributed by atoms with Gasteiger partial charge in [0.1, 0.15) is 5.69 Å². The maximum atomic E-state index is 12.8. The lowest BCUT2D eigenvalue weighted by molar-refractivity contribution is 0.0525. The van der Waals surface area contributed by atoms with Crippen LogP contribution < -0.4 is 0 Å². The molecule has 5 nitrogen and oxygen atoms in total. The number of nitrogens with one attached hydrogen (secondary N) is 1. The average molecular weight is 334 g/mol.